The highest BCUT2D eigenvalue weighted by Crippen LogP contribution is 2.39. The van der Waals surface area contributed by atoms with Crippen molar-refractivity contribution in [3.8, 4) is 0 Å². The van der Waals surface area contributed by atoms with Crippen LogP contribution in [-0.4, -0.2) is 29.3 Å². The maximum absolute atomic E-state index is 11.8. The number of fused-ring (bicyclic) bond motifs is 1. The number of hydrogen-bond donors (Lipinski definition) is 2. The molecule has 1 aromatic heterocycles. The number of carbonyl (C=O) groups is 1. The first-order valence-electron chi connectivity index (χ1n) is 9.30. The number of benzene rings is 2. The van der Waals surface area contributed by atoms with Gasteiger partial charge in [0.05, 0.1) is 22.5 Å². The minimum atomic E-state index is -0.946. The van der Waals surface area contributed by atoms with Crippen LogP contribution in [0.3, 0.4) is 0 Å². The van der Waals surface area contributed by atoms with Gasteiger partial charge in [0.1, 0.15) is 0 Å². The van der Waals surface area contributed by atoms with Gasteiger partial charge < -0.3 is 15.2 Å². The fourth-order valence-electron chi connectivity index (χ4n) is 3.72. The molecule has 0 amide bonds. The van der Waals surface area contributed by atoms with Gasteiger partial charge in [0, 0.05) is 29.3 Å². The summed E-state index contributed by atoms with van der Waals surface area (Å²) in [6.45, 7) is 3.35. The lowest BCUT2D eigenvalue weighted by molar-refractivity contribution is 0.0698. The minimum Gasteiger partial charge on any atom is -0.478 e. The topological polar surface area (TPSA) is 71.5 Å². The molecule has 1 aliphatic rings. The molecule has 2 N–H and O–H groups in total. The van der Waals surface area contributed by atoms with Gasteiger partial charge in [-0.25, -0.2) is 4.79 Å². The zero-order chi connectivity index (χ0) is 19.7. The minimum absolute atomic E-state index is 0.262. The summed E-state index contributed by atoms with van der Waals surface area (Å²) in [5.41, 5.74) is 4.65. The van der Waals surface area contributed by atoms with Gasteiger partial charge in [-0.1, -0.05) is 27.6 Å². The Hall–Kier alpha value is -2.44. The van der Waals surface area contributed by atoms with E-state index in [-0.39, 0.29) is 5.56 Å². The van der Waals surface area contributed by atoms with E-state index in [1.165, 1.54) is 0 Å². The van der Waals surface area contributed by atoms with Crippen LogP contribution in [0.5, 0.6) is 0 Å². The average Bonchev–Trinajstić information content (AvgIpc) is 2.70. The summed E-state index contributed by atoms with van der Waals surface area (Å²) in [7, 11) is 0. The quantitative estimate of drug-likeness (QED) is 0.548. The van der Waals surface area contributed by atoms with Gasteiger partial charge in [-0.15, -0.1) is 0 Å². The number of carboxylic acid groups (broad SMARTS) is 1. The molecule has 0 spiro atoms. The van der Waals surface area contributed by atoms with E-state index in [1.54, 1.807) is 6.07 Å². The van der Waals surface area contributed by atoms with Gasteiger partial charge in [0.25, 0.3) is 0 Å². The predicted octanol–water partition coefficient (Wildman–Crippen LogP) is 5.64. The fraction of sp³-hybridized carbons (Fsp3) is 0.273. The number of pyridine rings is 1. The number of rotatable bonds is 4. The molecule has 0 atom stereocenters. The van der Waals surface area contributed by atoms with Crippen molar-refractivity contribution in [1.29, 1.82) is 0 Å². The van der Waals surface area contributed by atoms with Crippen LogP contribution in [0.15, 0.2) is 47.1 Å². The number of aryl methyl sites for hydroxylation is 1. The zero-order valence-electron chi connectivity index (χ0n) is 15.5. The lowest BCUT2D eigenvalue weighted by atomic mass is 9.90. The normalized spacial score (nSPS) is 14.9. The van der Waals surface area contributed by atoms with Crippen molar-refractivity contribution in [3.63, 3.8) is 0 Å². The van der Waals surface area contributed by atoms with E-state index < -0.39 is 5.97 Å². The summed E-state index contributed by atoms with van der Waals surface area (Å²) in [5.74, 6) is -0.621. The van der Waals surface area contributed by atoms with E-state index in [2.05, 4.69) is 26.2 Å². The first kappa shape index (κ1) is 18.9. The molecule has 0 aliphatic carbocycles. The summed E-state index contributed by atoms with van der Waals surface area (Å²) in [6, 6.07) is 11.4. The van der Waals surface area contributed by atoms with Gasteiger partial charge in [-0.2, -0.15) is 0 Å². The third-order valence-corrected chi connectivity index (χ3v) is 5.68. The van der Waals surface area contributed by atoms with Crippen LogP contribution in [0.1, 0.15) is 40.2 Å². The maximum Gasteiger partial charge on any atom is 0.337 e. The van der Waals surface area contributed by atoms with Crippen molar-refractivity contribution in [2.24, 2.45) is 0 Å². The molecule has 5 nitrogen and oxygen atoms in total. The maximum atomic E-state index is 11.8. The Bertz CT molecular complexity index is 1050. The summed E-state index contributed by atoms with van der Waals surface area (Å²) in [5, 5.41) is 14.1. The molecule has 0 saturated carbocycles. The largest absolute Gasteiger partial charge is 0.478 e. The molecule has 2 aromatic carbocycles. The van der Waals surface area contributed by atoms with E-state index in [9.17, 15) is 9.90 Å². The van der Waals surface area contributed by atoms with Crippen LogP contribution in [-0.2, 0) is 4.74 Å². The third kappa shape index (κ3) is 3.75. The molecule has 28 heavy (non-hydrogen) atoms. The van der Waals surface area contributed by atoms with Crippen molar-refractivity contribution in [3.05, 3.63) is 63.8 Å². The molecular weight excluding hydrogens is 420 g/mol. The van der Waals surface area contributed by atoms with E-state index in [4.69, 9.17) is 4.74 Å². The van der Waals surface area contributed by atoms with Crippen molar-refractivity contribution in [2.75, 3.05) is 18.5 Å². The SMILES string of the molecule is Cc1ccc(Nc2c(C3CCOCC3)cnc3ccc(Br)cc23)c(C(=O)O)c1. The fourth-order valence-corrected chi connectivity index (χ4v) is 4.08. The molecule has 1 fully saturated rings. The molecule has 6 heteroatoms. The number of ether oxygens (including phenoxy) is 1. The van der Waals surface area contributed by atoms with E-state index in [1.807, 2.05) is 43.5 Å². The Morgan fingerprint density at radius 1 is 1.21 bits per heavy atom. The smallest absolute Gasteiger partial charge is 0.337 e. The van der Waals surface area contributed by atoms with Gasteiger partial charge in [0.15, 0.2) is 0 Å². The highest BCUT2D eigenvalue weighted by Gasteiger charge is 2.22. The summed E-state index contributed by atoms with van der Waals surface area (Å²) in [6.07, 6.45) is 3.77. The van der Waals surface area contributed by atoms with Crippen LogP contribution in [0.4, 0.5) is 11.4 Å². The molecule has 4 rings (SSSR count). The monoisotopic (exact) mass is 440 g/mol. The number of nitrogens with one attached hydrogen (secondary N) is 1. The van der Waals surface area contributed by atoms with E-state index in [0.717, 1.165) is 58.2 Å². The van der Waals surface area contributed by atoms with Gasteiger partial charge in [-0.3, -0.25) is 4.98 Å². The van der Waals surface area contributed by atoms with Gasteiger partial charge >= 0.3 is 5.97 Å². The average molecular weight is 441 g/mol. The second-order valence-electron chi connectivity index (χ2n) is 7.12. The molecule has 0 radical (unpaired) electrons. The molecule has 0 bridgehead atoms. The molecule has 2 heterocycles. The number of anilines is 2. The van der Waals surface area contributed by atoms with Crippen molar-refractivity contribution < 1.29 is 14.6 Å². The summed E-state index contributed by atoms with van der Waals surface area (Å²) < 4.78 is 6.48. The summed E-state index contributed by atoms with van der Waals surface area (Å²) >= 11 is 3.55. The zero-order valence-corrected chi connectivity index (χ0v) is 17.1. The third-order valence-electron chi connectivity index (χ3n) is 5.19. The Kier molecular flexibility index (Phi) is 5.33. The first-order chi connectivity index (χ1) is 13.5. The highest BCUT2D eigenvalue weighted by atomic mass is 79.9. The lowest BCUT2D eigenvalue weighted by Crippen LogP contribution is -2.16. The van der Waals surface area contributed by atoms with E-state index >= 15 is 0 Å². The Labute approximate surface area is 171 Å². The summed E-state index contributed by atoms with van der Waals surface area (Å²) in [4.78, 5) is 16.4. The van der Waals surface area contributed by atoms with Crippen LogP contribution in [0.25, 0.3) is 10.9 Å². The van der Waals surface area contributed by atoms with Gasteiger partial charge in [-0.05, 0) is 61.6 Å². The number of aromatic carboxylic acids is 1. The van der Waals surface area contributed by atoms with Crippen LogP contribution in [0.2, 0.25) is 0 Å². The number of halogens is 1. The molecule has 0 unspecified atom stereocenters. The van der Waals surface area contributed by atoms with Crippen LogP contribution < -0.4 is 5.32 Å². The number of hydrogen-bond acceptors (Lipinski definition) is 4. The number of aromatic nitrogens is 1. The Balaban J connectivity index is 1.88. The molecule has 144 valence electrons. The highest BCUT2D eigenvalue weighted by molar-refractivity contribution is 9.10. The Morgan fingerprint density at radius 2 is 2.00 bits per heavy atom. The van der Waals surface area contributed by atoms with Crippen LogP contribution >= 0.6 is 15.9 Å². The first-order valence-corrected chi connectivity index (χ1v) is 10.1. The number of carboxylic acids is 1. The molecular formula is C22H21BrN2O3. The molecule has 1 aliphatic heterocycles. The second-order valence-corrected chi connectivity index (χ2v) is 8.03. The number of nitrogens with zero attached hydrogens (tertiary/aromatic N) is 1. The lowest BCUT2D eigenvalue weighted by Gasteiger charge is -2.26. The predicted molar refractivity (Wildman–Crippen MR) is 114 cm³/mol. The Morgan fingerprint density at radius 3 is 2.75 bits per heavy atom. The molecule has 1 saturated heterocycles. The molecule has 3 aromatic rings. The van der Waals surface area contributed by atoms with Crippen molar-refractivity contribution in [2.45, 2.75) is 25.7 Å². The van der Waals surface area contributed by atoms with Gasteiger partial charge in [0.2, 0.25) is 0 Å². The van der Waals surface area contributed by atoms with Crippen molar-refractivity contribution >= 4 is 44.2 Å². The van der Waals surface area contributed by atoms with Crippen molar-refractivity contribution in [1.82, 2.24) is 4.98 Å². The second kappa shape index (κ2) is 7.89. The standard InChI is InChI=1S/C22H21BrN2O3/c1-13-2-4-20(17(10-13)22(26)27)25-21-16-11-15(23)3-5-19(16)24-12-18(21)14-6-8-28-9-7-14/h2-5,10-12,14H,6-9H2,1H3,(H,24,25)(H,26,27). The van der Waals surface area contributed by atoms with E-state index in [0.29, 0.717) is 11.6 Å². The van der Waals surface area contributed by atoms with Crippen LogP contribution in [0, 0.1) is 6.92 Å².